The van der Waals surface area contributed by atoms with Crippen LogP contribution in [0.5, 0.6) is 5.75 Å². The fourth-order valence-corrected chi connectivity index (χ4v) is 2.55. The van der Waals surface area contributed by atoms with Crippen molar-refractivity contribution in [3.63, 3.8) is 0 Å². The van der Waals surface area contributed by atoms with Gasteiger partial charge < -0.3 is 10.4 Å². The van der Waals surface area contributed by atoms with Crippen LogP contribution in [0.15, 0.2) is 22.7 Å². The van der Waals surface area contributed by atoms with E-state index in [0.717, 1.165) is 13.1 Å². The minimum atomic E-state index is -0.145. The lowest BCUT2D eigenvalue weighted by Gasteiger charge is -2.23. The Kier molecular flexibility index (Phi) is 4.82. The summed E-state index contributed by atoms with van der Waals surface area (Å²) in [5, 5.41) is 12.5. The van der Waals surface area contributed by atoms with E-state index in [1.54, 1.807) is 12.1 Å². The first-order valence-corrected chi connectivity index (χ1v) is 7.38. The van der Waals surface area contributed by atoms with Gasteiger partial charge in [-0.3, -0.25) is 9.69 Å². The Morgan fingerprint density at radius 1 is 1.47 bits per heavy atom. The van der Waals surface area contributed by atoms with Crippen LogP contribution >= 0.6 is 15.9 Å². The standard InChI is InChI=1S/C14H19BrN2O2/c1-10(17-6-2-3-7-17)9-16-14(19)11-4-5-12(15)13(18)8-11/h4-5,8,10,18H,2-3,6-7,9H2,1H3,(H,16,19). The third kappa shape index (κ3) is 3.70. The summed E-state index contributed by atoms with van der Waals surface area (Å²) in [5.41, 5.74) is 0.481. The van der Waals surface area contributed by atoms with Crippen molar-refractivity contribution < 1.29 is 9.90 Å². The summed E-state index contributed by atoms with van der Waals surface area (Å²) in [4.78, 5) is 14.4. The normalized spacial score (nSPS) is 17.4. The molecule has 4 nitrogen and oxygen atoms in total. The van der Waals surface area contributed by atoms with E-state index in [9.17, 15) is 9.90 Å². The van der Waals surface area contributed by atoms with Crippen LogP contribution in [0.4, 0.5) is 0 Å². The molecule has 1 fully saturated rings. The van der Waals surface area contributed by atoms with Gasteiger partial charge in [-0.15, -0.1) is 0 Å². The van der Waals surface area contributed by atoms with Crippen molar-refractivity contribution in [3.8, 4) is 5.75 Å². The Bertz CT molecular complexity index is 459. The number of halogens is 1. The van der Waals surface area contributed by atoms with Gasteiger partial charge in [0.25, 0.3) is 5.91 Å². The van der Waals surface area contributed by atoms with Crippen molar-refractivity contribution in [3.05, 3.63) is 28.2 Å². The number of likely N-dealkylation sites (tertiary alicyclic amines) is 1. The summed E-state index contributed by atoms with van der Waals surface area (Å²) in [6, 6.07) is 5.20. The molecule has 0 spiro atoms. The molecule has 0 radical (unpaired) electrons. The van der Waals surface area contributed by atoms with E-state index in [2.05, 4.69) is 33.1 Å². The molecule has 1 unspecified atom stereocenters. The minimum absolute atomic E-state index is 0.0836. The molecular formula is C14H19BrN2O2. The molecule has 0 aliphatic carbocycles. The van der Waals surface area contributed by atoms with Gasteiger partial charge in [-0.1, -0.05) is 0 Å². The van der Waals surface area contributed by atoms with Gasteiger partial charge in [-0.2, -0.15) is 0 Å². The van der Waals surface area contributed by atoms with Gasteiger partial charge in [0, 0.05) is 18.2 Å². The van der Waals surface area contributed by atoms with Crippen LogP contribution in [0.1, 0.15) is 30.1 Å². The second kappa shape index (κ2) is 6.39. The molecule has 5 heteroatoms. The van der Waals surface area contributed by atoms with Crippen molar-refractivity contribution in [1.82, 2.24) is 10.2 Å². The molecule has 2 N–H and O–H groups in total. The fourth-order valence-electron chi connectivity index (χ4n) is 2.31. The Morgan fingerprint density at radius 2 is 2.16 bits per heavy atom. The van der Waals surface area contributed by atoms with Gasteiger partial charge in [-0.05, 0) is 67.0 Å². The van der Waals surface area contributed by atoms with Crippen LogP contribution in [-0.2, 0) is 0 Å². The average molecular weight is 327 g/mol. The number of benzene rings is 1. The number of hydrogen-bond donors (Lipinski definition) is 2. The highest BCUT2D eigenvalue weighted by atomic mass is 79.9. The number of carbonyl (C=O) groups is 1. The maximum atomic E-state index is 12.0. The van der Waals surface area contributed by atoms with E-state index in [-0.39, 0.29) is 11.7 Å². The quantitative estimate of drug-likeness (QED) is 0.893. The van der Waals surface area contributed by atoms with E-state index in [1.807, 2.05) is 0 Å². The molecule has 1 aliphatic heterocycles. The number of phenolic OH excluding ortho intramolecular Hbond substituents is 1. The molecule has 19 heavy (non-hydrogen) atoms. The highest BCUT2D eigenvalue weighted by Gasteiger charge is 2.18. The molecule has 1 atom stereocenters. The fraction of sp³-hybridized carbons (Fsp3) is 0.500. The minimum Gasteiger partial charge on any atom is -0.507 e. The summed E-state index contributed by atoms with van der Waals surface area (Å²) >= 11 is 3.20. The van der Waals surface area contributed by atoms with E-state index in [1.165, 1.54) is 18.9 Å². The van der Waals surface area contributed by atoms with Crippen LogP contribution in [0.25, 0.3) is 0 Å². The molecule has 1 amide bonds. The van der Waals surface area contributed by atoms with Crippen molar-refractivity contribution >= 4 is 21.8 Å². The van der Waals surface area contributed by atoms with Gasteiger partial charge in [0.15, 0.2) is 0 Å². The Hall–Kier alpha value is -1.07. The van der Waals surface area contributed by atoms with Gasteiger partial charge in [0.05, 0.1) is 4.47 Å². The number of nitrogens with zero attached hydrogens (tertiary/aromatic N) is 1. The van der Waals surface area contributed by atoms with Gasteiger partial charge in [-0.25, -0.2) is 0 Å². The number of nitrogens with one attached hydrogen (secondary N) is 1. The monoisotopic (exact) mass is 326 g/mol. The summed E-state index contributed by atoms with van der Waals surface area (Å²) < 4.78 is 0.592. The Labute approximate surface area is 121 Å². The molecule has 1 aromatic carbocycles. The van der Waals surface area contributed by atoms with Crippen LogP contribution in [0.3, 0.4) is 0 Å². The molecular weight excluding hydrogens is 308 g/mol. The summed E-state index contributed by atoms with van der Waals surface area (Å²) in [6.45, 7) is 5.01. The zero-order valence-electron chi connectivity index (χ0n) is 11.0. The molecule has 1 aliphatic rings. The summed E-state index contributed by atoms with van der Waals surface area (Å²) in [7, 11) is 0. The highest BCUT2D eigenvalue weighted by molar-refractivity contribution is 9.10. The number of phenols is 1. The van der Waals surface area contributed by atoms with E-state index in [4.69, 9.17) is 0 Å². The van der Waals surface area contributed by atoms with E-state index >= 15 is 0 Å². The Balaban J connectivity index is 1.88. The average Bonchev–Trinajstić information content (AvgIpc) is 2.92. The topological polar surface area (TPSA) is 52.6 Å². The van der Waals surface area contributed by atoms with Gasteiger partial charge >= 0.3 is 0 Å². The number of amides is 1. The second-order valence-electron chi connectivity index (χ2n) is 4.97. The second-order valence-corrected chi connectivity index (χ2v) is 5.82. The van der Waals surface area contributed by atoms with E-state index in [0.29, 0.717) is 22.6 Å². The summed E-state index contributed by atoms with van der Waals surface area (Å²) in [5.74, 6) is -0.0610. The lowest BCUT2D eigenvalue weighted by molar-refractivity contribution is 0.0940. The van der Waals surface area contributed by atoms with Crippen LogP contribution in [0, 0.1) is 0 Å². The predicted molar refractivity (Wildman–Crippen MR) is 78.4 cm³/mol. The number of carbonyl (C=O) groups excluding carboxylic acids is 1. The zero-order chi connectivity index (χ0) is 13.8. The van der Waals surface area contributed by atoms with Crippen LogP contribution in [0.2, 0.25) is 0 Å². The SMILES string of the molecule is CC(CNC(=O)c1ccc(Br)c(O)c1)N1CCCC1. The predicted octanol–water partition coefficient (Wildman–Crippen LogP) is 2.37. The van der Waals surface area contributed by atoms with Crippen LogP contribution in [-0.4, -0.2) is 41.6 Å². The third-order valence-corrected chi connectivity index (χ3v) is 4.20. The first-order chi connectivity index (χ1) is 9.08. The lowest BCUT2D eigenvalue weighted by Crippen LogP contribution is -2.40. The molecule has 2 rings (SSSR count). The number of aromatic hydroxyl groups is 1. The van der Waals surface area contributed by atoms with Crippen molar-refractivity contribution in [2.75, 3.05) is 19.6 Å². The van der Waals surface area contributed by atoms with Gasteiger partial charge in [0.2, 0.25) is 0 Å². The highest BCUT2D eigenvalue weighted by Crippen LogP contribution is 2.24. The van der Waals surface area contributed by atoms with Crippen molar-refractivity contribution in [1.29, 1.82) is 0 Å². The third-order valence-electron chi connectivity index (χ3n) is 3.53. The number of rotatable bonds is 4. The van der Waals surface area contributed by atoms with E-state index < -0.39 is 0 Å². The van der Waals surface area contributed by atoms with Crippen molar-refractivity contribution in [2.24, 2.45) is 0 Å². The van der Waals surface area contributed by atoms with Crippen LogP contribution < -0.4 is 5.32 Å². The maximum Gasteiger partial charge on any atom is 0.251 e. The largest absolute Gasteiger partial charge is 0.507 e. The summed E-state index contributed by atoms with van der Waals surface area (Å²) in [6.07, 6.45) is 2.50. The molecule has 104 valence electrons. The van der Waals surface area contributed by atoms with Crippen molar-refractivity contribution in [2.45, 2.75) is 25.8 Å². The molecule has 1 aromatic rings. The molecule has 0 bridgehead atoms. The molecule has 1 saturated heterocycles. The molecule has 0 aromatic heterocycles. The smallest absolute Gasteiger partial charge is 0.251 e. The molecule has 1 heterocycles. The molecule has 0 saturated carbocycles. The number of hydrogen-bond acceptors (Lipinski definition) is 3. The van der Waals surface area contributed by atoms with Gasteiger partial charge in [0.1, 0.15) is 5.75 Å². The zero-order valence-corrected chi connectivity index (χ0v) is 12.6. The lowest BCUT2D eigenvalue weighted by atomic mass is 10.2. The first kappa shape index (κ1) is 14.3. The Morgan fingerprint density at radius 3 is 2.79 bits per heavy atom. The maximum absolute atomic E-state index is 12.0. The first-order valence-electron chi connectivity index (χ1n) is 6.58.